The van der Waals surface area contributed by atoms with E-state index in [1.165, 1.54) is 15.6 Å². The van der Waals surface area contributed by atoms with Crippen molar-refractivity contribution in [2.75, 3.05) is 4.43 Å². The van der Waals surface area contributed by atoms with Crippen molar-refractivity contribution in [1.82, 2.24) is 0 Å². The van der Waals surface area contributed by atoms with Crippen LogP contribution in [-0.2, 0) is 0 Å². The second-order valence-corrected chi connectivity index (χ2v) is 3.88. The molecule has 0 N–H and O–H groups in total. The average molecular weight is 262 g/mol. The molecular weight excluding hydrogens is 247 g/mol. The molecule has 1 rings (SSSR count). The summed E-state index contributed by atoms with van der Waals surface area (Å²) in [5.74, 6) is 0. The summed E-state index contributed by atoms with van der Waals surface area (Å²) in [6, 6.07) is 8.36. The maximum atomic E-state index is 2.29. The normalized spacial score (nSPS) is 8.36. The standard InChI is InChI=1S/C8H10.C2H5I/c1-7-5-3-4-6-8(7)2;1-2-3/h3-6H,1-2H3;2H2,1H3. The van der Waals surface area contributed by atoms with Gasteiger partial charge in [-0.25, -0.2) is 0 Å². The van der Waals surface area contributed by atoms with Gasteiger partial charge in [0.05, 0.1) is 0 Å². The Hall–Kier alpha value is -0.0500. The van der Waals surface area contributed by atoms with Crippen molar-refractivity contribution in [1.29, 1.82) is 0 Å². The van der Waals surface area contributed by atoms with Gasteiger partial charge in [0.25, 0.3) is 0 Å². The Balaban J connectivity index is 0.000000292. The molecule has 0 saturated carbocycles. The quantitative estimate of drug-likeness (QED) is 0.493. The lowest BCUT2D eigenvalue weighted by Crippen LogP contribution is -1.74. The van der Waals surface area contributed by atoms with Crippen LogP contribution in [0.4, 0.5) is 0 Å². The lowest BCUT2D eigenvalue weighted by molar-refractivity contribution is 1.34. The molecule has 0 fully saturated rings. The van der Waals surface area contributed by atoms with Crippen molar-refractivity contribution >= 4 is 22.6 Å². The minimum atomic E-state index is 1.22. The minimum absolute atomic E-state index is 1.22. The first kappa shape index (κ1) is 11.0. The molecule has 0 saturated heterocycles. The zero-order chi connectivity index (χ0) is 8.69. The zero-order valence-corrected chi connectivity index (χ0v) is 9.55. The van der Waals surface area contributed by atoms with E-state index in [4.69, 9.17) is 0 Å². The van der Waals surface area contributed by atoms with Gasteiger partial charge in [-0.15, -0.1) is 0 Å². The molecule has 0 aliphatic rings. The van der Waals surface area contributed by atoms with E-state index in [-0.39, 0.29) is 0 Å². The summed E-state index contributed by atoms with van der Waals surface area (Å²) < 4.78 is 1.22. The lowest BCUT2D eigenvalue weighted by atomic mass is 10.1. The third-order valence-electron chi connectivity index (χ3n) is 1.43. The average Bonchev–Trinajstić information content (AvgIpc) is 1.97. The summed E-state index contributed by atoms with van der Waals surface area (Å²) >= 11 is 2.29. The van der Waals surface area contributed by atoms with Gasteiger partial charge >= 0.3 is 0 Å². The highest BCUT2D eigenvalue weighted by atomic mass is 127. The van der Waals surface area contributed by atoms with Gasteiger partial charge < -0.3 is 0 Å². The molecular formula is C10H15I. The third kappa shape index (κ3) is 5.24. The van der Waals surface area contributed by atoms with Crippen LogP contribution in [0.3, 0.4) is 0 Å². The van der Waals surface area contributed by atoms with Gasteiger partial charge in [-0.05, 0) is 29.4 Å². The highest BCUT2D eigenvalue weighted by molar-refractivity contribution is 14.1. The first-order valence-electron chi connectivity index (χ1n) is 3.80. The molecule has 0 unspecified atom stereocenters. The van der Waals surface area contributed by atoms with Crippen LogP contribution >= 0.6 is 22.6 Å². The van der Waals surface area contributed by atoms with Crippen molar-refractivity contribution in [2.24, 2.45) is 0 Å². The van der Waals surface area contributed by atoms with Crippen molar-refractivity contribution in [3.8, 4) is 0 Å². The van der Waals surface area contributed by atoms with Crippen LogP contribution < -0.4 is 0 Å². The zero-order valence-electron chi connectivity index (χ0n) is 7.39. The predicted molar refractivity (Wildman–Crippen MR) is 60.5 cm³/mol. The molecule has 1 aromatic rings. The summed E-state index contributed by atoms with van der Waals surface area (Å²) in [7, 11) is 0. The lowest BCUT2D eigenvalue weighted by Gasteiger charge is -1.93. The predicted octanol–water partition coefficient (Wildman–Crippen LogP) is 3.74. The van der Waals surface area contributed by atoms with Crippen LogP contribution in [0.5, 0.6) is 0 Å². The first-order valence-corrected chi connectivity index (χ1v) is 5.33. The maximum absolute atomic E-state index is 2.29. The van der Waals surface area contributed by atoms with Crippen molar-refractivity contribution in [2.45, 2.75) is 20.8 Å². The molecule has 0 heterocycles. The van der Waals surface area contributed by atoms with Gasteiger partial charge in [0.2, 0.25) is 0 Å². The molecule has 0 aliphatic heterocycles. The molecule has 0 spiro atoms. The van der Waals surface area contributed by atoms with Gasteiger partial charge in [-0.3, -0.25) is 0 Å². The number of hydrogen-bond donors (Lipinski definition) is 0. The van der Waals surface area contributed by atoms with Crippen molar-refractivity contribution in [3.63, 3.8) is 0 Å². The van der Waals surface area contributed by atoms with E-state index in [9.17, 15) is 0 Å². The van der Waals surface area contributed by atoms with Crippen LogP contribution in [0.2, 0.25) is 0 Å². The van der Waals surface area contributed by atoms with Gasteiger partial charge in [-0.1, -0.05) is 53.8 Å². The van der Waals surface area contributed by atoms with Gasteiger partial charge in [0, 0.05) is 0 Å². The molecule has 0 nitrogen and oxygen atoms in total. The Morgan fingerprint density at radius 3 is 1.55 bits per heavy atom. The summed E-state index contributed by atoms with van der Waals surface area (Å²) in [5, 5.41) is 0. The Morgan fingerprint density at radius 2 is 1.36 bits per heavy atom. The monoisotopic (exact) mass is 262 g/mol. The molecule has 0 bridgehead atoms. The minimum Gasteiger partial charge on any atom is -0.0867 e. The van der Waals surface area contributed by atoms with Crippen LogP contribution in [0.15, 0.2) is 24.3 Å². The molecule has 0 aromatic heterocycles. The molecule has 1 heteroatoms. The second-order valence-electron chi connectivity index (χ2n) is 2.35. The largest absolute Gasteiger partial charge is 0.0867 e. The molecule has 1 aromatic carbocycles. The summed E-state index contributed by atoms with van der Waals surface area (Å²) in [6.07, 6.45) is 0. The topological polar surface area (TPSA) is 0 Å². The number of hydrogen-bond acceptors (Lipinski definition) is 0. The highest BCUT2D eigenvalue weighted by Crippen LogP contribution is 2.02. The SMILES string of the molecule is CCI.Cc1ccccc1C. The van der Waals surface area contributed by atoms with Crippen molar-refractivity contribution in [3.05, 3.63) is 35.4 Å². The maximum Gasteiger partial charge on any atom is -0.00332 e. The highest BCUT2D eigenvalue weighted by Gasteiger charge is 1.83. The Labute approximate surface area is 83.2 Å². The van der Waals surface area contributed by atoms with E-state index in [1.54, 1.807) is 0 Å². The molecule has 0 amide bonds. The van der Waals surface area contributed by atoms with E-state index in [0.717, 1.165) is 0 Å². The van der Waals surface area contributed by atoms with Crippen LogP contribution in [0.25, 0.3) is 0 Å². The number of alkyl halides is 1. The Bertz CT molecular complexity index is 173. The summed E-state index contributed by atoms with van der Waals surface area (Å²) in [4.78, 5) is 0. The van der Waals surface area contributed by atoms with Crippen LogP contribution in [0.1, 0.15) is 18.1 Å². The molecule has 0 radical (unpaired) electrons. The fraction of sp³-hybridized carbons (Fsp3) is 0.400. The third-order valence-corrected chi connectivity index (χ3v) is 1.43. The van der Waals surface area contributed by atoms with Crippen LogP contribution in [0, 0.1) is 13.8 Å². The number of aryl methyl sites for hydroxylation is 2. The van der Waals surface area contributed by atoms with Gasteiger partial charge in [-0.2, -0.15) is 0 Å². The molecule has 0 aliphatic carbocycles. The Kier molecular flexibility index (Phi) is 6.62. The number of halogens is 1. The molecule has 62 valence electrons. The van der Waals surface area contributed by atoms with Gasteiger partial charge in [0.15, 0.2) is 0 Å². The van der Waals surface area contributed by atoms with Crippen molar-refractivity contribution < 1.29 is 0 Å². The van der Waals surface area contributed by atoms with E-state index in [2.05, 4.69) is 67.6 Å². The molecule has 0 atom stereocenters. The fourth-order valence-corrected chi connectivity index (χ4v) is 0.663. The van der Waals surface area contributed by atoms with E-state index in [1.807, 2.05) is 0 Å². The second kappa shape index (κ2) is 6.65. The van der Waals surface area contributed by atoms with E-state index >= 15 is 0 Å². The summed E-state index contributed by atoms with van der Waals surface area (Å²) in [5.41, 5.74) is 2.74. The van der Waals surface area contributed by atoms with E-state index < -0.39 is 0 Å². The summed E-state index contributed by atoms with van der Waals surface area (Å²) in [6.45, 7) is 6.35. The van der Waals surface area contributed by atoms with Crippen LogP contribution in [-0.4, -0.2) is 4.43 Å². The smallest absolute Gasteiger partial charge is 0.00332 e. The number of rotatable bonds is 0. The van der Waals surface area contributed by atoms with Gasteiger partial charge in [0.1, 0.15) is 0 Å². The fourth-order valence-electron chi connectivity index (χ4n) is 0.663. The molecule has 11 heavy (non-hydrogen) atoms. The van der Waals surface area contributed by atoms with E-state index in [0.29, 0.717) is 0 Å². The Morgan fingerprint density at radius 1 is 1.09 bits per heavy atom. The number of benzene rings is 1. The first-order chi connectivity index (χ1) is 5.22.